The minimum absolute atomic E-state index is 0.247. The fraction of sp³-hybridized carbons (Fsp3) is 0.286. The summed E-state index contributed by atoms with van der Waals surface area (Å²) in [5, 5.41) is 1.59. The van der Waals surface area contributed by atoms with E-state index >= 15 is 0 Å². The normalized spacial score (nSPS) is 11.8. The van der Waals surface area contributed by atoms with Crippen LogP contribution in [0, 0.1) is 0 Å². The lowest BCUT2D eigenvalue weighted by atomic mass is 10.2. The monoisotopic (exact) mass is 371 g/mol. The van der Waals surface area contributed by atoms with Gasteiger partial charge in [0.2, 0.25) is 0 Å². The van der Waals surface area contributed by atoms with Crippen LogP contribution >= 0.6 is 0 Å². The Morgan fingerprint density at radius 3 is 2.04 bits per heavy atom. The predicted octanol–water partition coefficient (Wildman–Crippen LogP) is 3.46. The molecule has 0 unspecified atom stereocenters. The van der Waals surface area contributed by atoms with Crippen molar-refractivity contribution in [3.05, 3.63) is 48.2 Å². The molecule has 11 heteroatoms. The third kappa shape index (κ3) is 6.73. The van der Waals surface area contributed by atoms with Crippen molar-refractivity contribution in [2.45, 2.75) is 25.1 Å². The molecule has 1 amide bonds. The second-order valence-electron chi connectivity index (χ2n) is 4.53. The summed E-state index contributed by atoms with van der Waals surface area (Å²) in [5.41, 5.74) is -0.586. The zero-order chi connectivity index (χ0) is 19.3. The van der Waals surface area contributed by atoms with Gasteiger partial charge < -0.3 is 9.47 Å². The predicted molar refractivity (Wildman–Crippen MR) is 70.9 cm³/mol. The molecule has 5 nitrogen and oxygen atoms in total. The van der Waals surface area contributed by atoms with E-state index in [2.05, 4.69) is 16.1 Å². The lowest BCUT2D eigenvalue weighted by Gasteiger charge is -2.23. The van der Waals surface area contributed by atoms with E-state index in [-0.39, 0.29) is 6.61 Å². The van der Waals surface area contributed by atoms with Crippen LogP contribution in [0.4, 0.5) is 31.1 Å². The van der Waals surface area contributed by atoms with Crippen LogP contribution in [-0.2, 0) is 20.9 Å². The number of hydrogen-bond donors (Lipinski definition) is 1. The maximum absolute atomic E-state index is 12.3. The first-order chi connectivity index (χ1) is 11.4. The molecule has 0 saturated carbocycles. The topological polar surface area (TPSA) is 64.6 Å². The summed E-state index contributed by atoms with van der Waals surface area (Å²) < 4.78 is 81.6. The molecule has 0 heterocycles. The van der Waals surface area contributed by atoms with E-state index in [4.69, 9.17) is 0 Å². The summed E-state index contributed by atoms with van der Waals surface area (Å²) in [5.74, 6) is -2.10. The molecule has 0 spiro atoms. The van der Waals surface area contributed by atoms with Crippen LogP contribution in [0.15, 0.2) is 42.6 Å². The van der Waals surface area contributed by atoms with E-state index in [1.54, 1.807) is 35.6 Å². The number of carbonyl (C=O) groups is 2. The molecule has 0 bridgehead atoms. The molecule has 0 fully saturated rings. The fourth-order valence-electron chi connectivity index (χ4n) is 1.43. The van der Waals surface area contributed by atoms with Crippen molar-refractivity contribution in [2.24, 2.45) is 0 Å². The van der Waals surface area contributed by atoms with Crippen molar-refractivity contribution in [1.29, 1.82) is 0 Å². The van der Waals surface area contributed by atoms with Crippen molar-refractivity contribution in [3.63, 3.8) is 0 Å². The SMILES string of the molecule is C=C(NC(=O)OCc1ccccc1)C(=O)OC(C(F)(F)F)C(F)(F)F. The van der Waals surface area contributed by atoms with Crippen LogP contribution in [0.25, 0.3) is 0 Å². The van der Waals surface area contributed by atoms with E-state index in [1.807, 2.05) is 0 Å². The number of alkyl halides is 6. The van der Waals surface area contributed by atoms with Gasteiger partial charge in [0, 0.05) is 0 Å². The van der Waals surface area contributed by atoms with Crippen LogP contribution in [0.3, 0.4) is 0 Å². The second-order valence-corrected chi connectivity index (χ2v) is 4.53. The summed E-state index contributed by atoms with van der Waals surface area (Å²) in [6.45, 7) is 2.60. The molecule has 0 aromatic heterocycles. The Kier molecular flexibility index (Phi) is 6.42. The average Bonchev–Trinajstić information content (AvgIpc) is 2.49. The first kappa shape index (κ1) is 20.3. The third-order valence-electron chi connectivity index (χ3n) is 2.53. The minimum atomic E-state index is -5.87. The van der Waals surface area contributed by atoms with Crippen LogP contribution < -0.4 is 5.32 Å². The van der Waals surface area contributed by atoms with E-state index in [0.29, 0.717) is 5.56 Å². The van der Waals surface area contributed by atoms with Gasteiger partial charge in [0.15, 0.2) is 0 Å². The van der Waals surface area contributed by atoms with E-state index in [1.165, 1.54) is 0 Å². The number of alkyl carbamates (subject to hydrolysis) is 1. The zero-order valence-electron chi connectivity index (χ0n) is 12.3. The van der Waals surface area contributed by atoms with Crippen molar-refractivity contribution in [1.82, 2.24) is 5.32 Å². The Balaban J connectivity index is 2.58. The van der Waals surface area contributed by atoms with E-state index < -0.39 is 36.2 Å². The van der Waals surface area contributed by atoms with Gasteiger partial charge in [-0.25, -0.2) is 9.59 Å². The zero-order valence-corrected chi connectivity index (χ0v) is 12.3. The van der Waals surface area contributed by atoms with Crippen molar-refractivity contribution in [2.75, 3.05) is 0 Å². The number of hydrogen-bond acceptors (Lipinski definition) is 4. The van der Waals surface area contributed by atoms with Crippen molar-refractivity contribution < 1.29 is 45.4 Å². The number of amides is 1. The third-order valence-corrected chi connectivity index (χ3v) is 2.53. The van der Waals surface area contributed by atoms with Gasteiger partial charge in [-0.2, -0.15) is 26.3 Å². The van der Waals surface area contributed by atoms with Gasteiger partial charge in [-0.05, 0) is 5.56 Å². The molecule has 0 radical (unpaired) electrons. The number of rotatable bonds is 5. The average molecular weight is 371 g/mol. The summed E-state index contributed by atoms with van der Waals surface area (Å²) in [4.78, 5) is 22.6. The Morgan fingerprint density at radius 1 is 1.04 bits per heavy atom. The maximum Gasteiger partial charge on any atom is 0.434 e. The lowest BCUT2D eigenvalue weighted by molar-refractivity contribution is -0.312. The lowest BCUT2D eigenvalue weighted by Crippen LogP contribution is -2.46. The highest BCUT2D eigenvalue weighted by Gasteiger charge is 2.60. The maximum atomic E-state index is 12.3. The summed E-state index contributed by atoms with van der Waals surface area (Å²) in [6, 6.07) is 8.16. The number of carbonyl (C=O) groups excluding carboxylic acids is 2. The summed E-state index contributed by atoms with van der Waals surface area (Å²) in [7, 11) is 0. The summed E-state index contributed by atoms with van der Waals surface area (Å²) in [6.07, 6.45) is -17.4. The number of esters is 1. The number of nitrogens with one attached hydrogen (secondary N) is 1. The van der Waals surface area contributed by atoms with Crippen LogP contribution in [0.5, 0.6) is 0 Å². The molecule has 25 heavy (non-hydrogen) atoms. The molecule has 1 N–H and O–H groups in total. The Morgan fingerprint density at radius 2 is 1.56 bits per heavy atom. The molecule has 0 aliphatic carbocycles. The molecule has 0 saturated heterocycles. The van der Waals surface area contributed by atoms with Crippen molar-refractivity contribution >= 4 is 12.1 Å². The number of halogens is 6. The van der Waals surface area contributed by atoms with Gasteiger partial charge in [0.25, 0.3) is 6.10 Å². The van der Waals surface area contributed by atoms with Gasteiger partial charge in [-0.15, -0.1) is 0 Å². The molecule has 1 rings (SSSR count). The van der Waals surface area contributed by atoms with Gasteiger partial charge >= 0.3 is 24.4 Å². The van der Waals surface area contributed by atoms with Gasteiger partial charge in [-0.3, -0.25) is 5.32 Å². The van der Waals surface area contributed by atoms with Gasteiger partial charge in [-0.1, -0.05) is 36.9 Å². The molecule has 138 valence electrons. The highest BCUT2D eigenvalue weighted by Crippen LogP contribution is 2.35. The second kappa shape index (κ2) is 7.90. The van der Waals surface area contributed by atoms with Crippen LogP contribution in [-0.4, -0.2) is 30.5 Å². The fourth-order valence-corrected chi connectivity index (χ4v) is 1.43. The van der Waals surface area contributed by atoms with E-state index in [0.717, 1.165) is 0 Å². The first-order valence-corrected chi connectivity index (χ1v) is 6.42. The molecule has 0 aliphatic heterocycles. The van der Waals surface area contributed by atoms with Crippen LogP contribution in [0.1, 0.15) is 5.56 Å². The smallest absolute Gasteiger partial charge is 0.434 e. The van der Waals surface area contributed by atoms with E-state index in [9.17, 15) is 35.9 Å². The Hall–Kier alpha value is -2.72. The van der Waals surface area contributed by atoms with Gasteiger partial charge in [0.1, 0.15) is 12.3 Å². The molecule has 0 atom stereocenters. The first-order valence-electron chi connectivity index (χ1n) is 6.42. The highest BCUT2D eigenvalue weighted by molar-refractivity contribution is 5.91. The molecule has 1 aromatic rings. The largest absolute Gasteiger partial charge is 0.444 e. The quantitative estimate of drug-likeness (QED) is 0.489. The highest BCUT2D eigenvalue weighted by atomic mass is 19.4. The molecular weight excluding hydrogens is 360 g/mol. The van der Waals surface area contributed by atoms with Crippen molar-refractivity contribution in [3.8, 4) is 0 Å². The number of ether oxygens (including phenoxy) is 2. The minimum Gasteiger partial charge on any atom is -0.444 e. The standard InChI is InChI=1S/C14H11F6NO4/c1-8(10(22)25-11(13(15,16)17)14(18,19)20)21-12(23)24-7-9-5-3-2-4-6-9/h2-6,11H,1,7H2,(H,21,23). The molecular formula is C14H11F6NO4. The molecule has 1 aromatic carbocycles. The van der Waals surface area contributed by atoms with Crippen LogP contribution in [0.2, 0.25) is 0 Å². The molecule has 0 aliphatic rings. The number of benzene rings is 1. The summed E-state index contributed by atoms with van der Waals surface area (Å²) >= 11 is 0. The van der Waals surface area contributed by atoms with Gasteiger partial charge in [0.05, 0.1) is 0 Å². The Labute approximate surface area is 137 Å². The Bertz CT molecular complexity index is 612.